The van der Waals surface area contributed by atoms with Gasteiger partial charge in [0.2, 0.25) is 0 Å². The minimum atomic E-state index is -4.59. The molecule has 4 aromatic rings. The molecule has 17 heteroatoms. The Balaban J connectivity index is 0.859. The summed E-state index contributed by atoms with van der Waals surface area (Å²) in [5, 5.41) is 26.1. The molecule has 1 spiro atoms. The van der Waals surface area contributed by atoms with Gasteiger partial charge in [-0.25, -0.2) is 27.5 Å². The Kier molecular flexibility index (Phi) is 15.7. The highest BCUT2D eigenvalue weighted by Gasteiger charge is 2.50. The lowest BCUT2D eigenvalue weighted by Crippen LogP contribution is -2.98. The summed E-state index contributed by atoms with van der Waals surface area (Å²) >= 11 is 0. The highest BCUT2D eigenvalue weighted by molar-refractivity contribution is 7.90. The standard InChI is InChI=1S/C59H77FN8O7S/c1-38(2)45-14-10-11-15-46(45)51-37-66(36-41-12-8-7-9-13-41)26-27-68(51)43-32-59(33-43)22-24-67(25-23-59)42-16-17-47(52(29-42)75-53-31-48-49(60)28-39(3)54(48)63-57(53)74-6)56(69)64-76(72,73)44-30-50(65(5)71)55(62-35-44)61-34-40-18-20-58(4,70)21-19-40/h10-11,14-17,28-31,35,38,40-41,43,51,65,70H,3,7-9,12-13,18-27,32-34,36-37H2,1-2,4-6H3,(H,61,62)(H,64,69)/t40-,51-,58-/m0/s1. The highest BCUT2D eigenvalue weighted by Crippen LogP contribution is 2.54. The molecule has 4 aliphatic carbocycles. The summed E-state index contributed by atoms with van der Waals surface area (Å²) in [4.78, 5) is 30.7. The van der Waals surface area contributed by atoms with Crippen LogP contribution in [0.5, 0.6) is 17.4 Å². The van der Waals surface area contributed by atoms with Gasteiger partial charge in [-0.3, -0.25) is 14.6 Å². The van der Waals surface area contributed by atoms with Gasteiger partial charge in [0.25, 0.3) is 21.8 Å². The maximum atomic E-state index is 15.2. The van der Waals surface area contributed by atoms with Crippen LogP contribution in [0.2, 0.25) is 0 Å². The number of hydrogen-bond donors (Lipinski definition) is 4. The normalized spacial score (nSPS) is 24.0. The second kappa shape index (κ2) is 22.1. The van der Waals surface area contributed by atoms with Gasteiger partial charge >= 0.3 is 0 Å². The molecule has 0 radical (unpaired) electrons. The molecule has 10 rings (SSSR count). The van der Waals surface area contributed by atoms with Crippen LogP contribution in [0.15, 0.2) is 78.3 Å². The average molecular weight is 1060 g/mol. The minimum Gasteiger partial charge on any atom is -0.629 e. The number of fused-ring (bicyclic) bond motifs is 1. The number of anilines is 2. The van der Waals surface area contributed by atoms with E-state index in [4.69, 9.17) is 9.47 Å². The molecule has 2 aliphatic heterocycles. The maximum Gasteiger partial charge on any atom is 0.268 e. The summed E-state index contributed by atoms with van der Waals surface area (Å²) in [6.45, 7) is 16.9. The van der Waals surface area contributed by atoms with Gasteiger partial charge in [0, 0.05) is 81.3 Å². The highest BCUT2D eigenvalue weighted by atomic mass is 32.2. The lowest BCUT2D eigenvalue weighted by molar-refractivity contribution is -0.751. The summed E-state index contributed by atoms with van der Waals surface area (Å²) in [7, 11) is -1.85. The van der Waals surface area contributed by atoms with Crippen LogP contribution in [0.1, 0.15) is 149 Å². The molecule has 4 heterocycles. The van der Waals surface area contributed by atoms with E-state index in [1.165, 1.54) is 88.2 Å². The van der Waals surface area contributed by atoms with Gasteiger partial charge in [-0.05, 0) is 135 Å². The van der Waals surface area contributed by atoms with Crippen molar-refractivity contribution in [1.82, 2.24) is 24.5 Å². The fourth-order valence-electron chi connectivity index (χ4n) is 13.1. The van der Waals surface area contributed by atoms with Gasteiger partial charge < -0.3 is 35.1 Å². The minimum absolute atomic E-state index is 0.0112. The third-order valence-corrected chi connectivity index (χ3v) is 19.0. The lowest BCUT2D eigenvalue weighted by Gasteiger charge is -2.58. The van der Waals surface area contributed by atoms with Gasteiger partial charge in [-0.2, -0.15) is 0 Å². The number of carbonyl (C=O) groups is 1. The van der Waals surface area contributed by atoms with Gasteiger partial charge in [-0.15, -0.1) is 0 Å². The first kappa shape index (κ1) is 53.9. The summed E-state index contributed by atoms with van der Waals surface area (Å²) < 4.78 is 57.5. The molecule has 1 amide bonds. The quantitative estimate of drug-likeness (QED) is 0.0782. The topological polar surface area (TPSA) is 177 Å². The second-order valence-corrected chi connectivity index (χ2v) is 25.1. The molecule has 2 aromatic carbocycles. The zero-order valence-electron chi connectivity index (χ0n) is 45.0. The number of carbonyl (C=O) groups excluding carboxylic acids is 1. The molecular weight excluding hydrogens is 984 g/mol. The molecule has 15 nitrogen and oxygen atoms in total. The Labute approximate surface area is 448 Å². The van der Waals surface area contributed by atoms with E-state index in [2.05, 4.69) is 79.4 Å². The number of methoxy groups -OCH3 is 1. The van der Waals surface area contributed by atoms with Crippen molar-refractivity contribution in [3.63, 3.8) is 0 Å². The van der Waals surface area contributed by atoms with E-state index in [1.807, 2.05) is 6.92 Å². The van der Waals surface area contributed by atoms with E-state index in [1.54, 1.807) is 12.1 Å². The molecule has 408 valence electrons. The third-order valence-electron chi connectivity index (χ3n) is 17.7. The van der Waals surface area contributed by atoms with Crippen molar-refractivity contribution >= 4 is 44.5 Å². The Bertz CT molecular complexity index is 2930. The Morgan fingerprint density at radius 1 is 0.974 bits per heavy atom. The van der Waals surface area contributed by atoms with Gasteiger partial charge in [0.05, 0.1) is 37.2 Å². The maximum absolute atomic E-state index is 15.2. The predicted octanol–water partition coefficient (Wildman–Crippen LogP) is 9.54. The summed E-state index contributed by atoms with van der Waals surface area (Å²) in [5.74, 6) is 0.265. The number of pyridine rings is 2. The SMILES string of the molecule is C=C1C=C(F)c2cc(Oc3cc(N4CCC5(CC4)CC(N4CCN(CC6CCCCC6)C[C@H]4c4ccccc4C(C)C)C5)ccc3C(=O)NS(=O)(=O)c3cnc(NC[C@H]4CC[C@](C)(O)CC4)c([NH+](C)[O-])c3)c(OC)nc21. The molecule has 6 aliphatic rings. The molecule has 76 heavy (non-hydrogen) atoms. The number of nitrogens with zero attached hydrogens (tertiary/aromatic N) is 5. The first-order chi connectivity index (χ1) is 36.4. The van der Waals surface area contributed by atoms with Crippen molar-refractivity contribution in [2.24, 2.45) is 17.3 Å². The van der Waals surface area contributed by atoms with Crippen LogP contribution >= 0.6 is 0 Å². The number of aliphatic hydroxyl groups is 1. The Hall–Kier alpha value is -5.43. The molecule has 2 saturated heterocycles. The van der Waals surface area contributed by atoms with Crippen LogP contribution < -0.4 is 29.5 Å². The van der Waals surface area contributed by atoms with E-state index < -0.39 is 32.4 Å². The van der Waals surface area contributed by atoms with Crippen molar-refractivity contribution in [3.05, 3.63) is 107 Å². The van der Waals surface area contributed by atoms with Crippen LogP contribution in [0.4, 0.5) is 21.6 Å². The van der Waals surface area contributed by atoms with E-state index >= 15 is 4.39 Å². The summed E-state index contributed by atoms with van der Waals surface area (Å²) in [6.07, 6.45) is 16.4. The number of halogens is 1. The monoisotopic (exact) mass is 1060 g/mol. The van der Waals surface area contributed by atoms with Crippen molar-refractivity contribution in [2.75, 3.05) is 70.2 Å². The molecule has 5 fully saturated rings. The van der Waals surface area contributed by atoms with Crippen LogP contribution in [-0.4, -0.2) is 111 Å². The van der Waals surface area contributed by atoms with E-state index in [0.717, 1.165) is 89.1 Å². The molecule has 3 saturated carbocycles. The van der Waals surface area contributed by atoms with E-state index in [9.17, 15) is 23.5 Å². The number of aromatic nitrogens is 2. The van der Waals surface area contributed by atoms with Crippen LogP contribution in [-0.2, 0) is 10.0 Å². The molecular formula is C59H77FN8O7S. The van der Waals surface area contributed by atoms with Crippen molar-refractivity contribution in [3.8, 4) is 17.4 Å². The number of hydrogen-bond acceptors (Lipinski definition) is 13. The van der Waals surface area contributed by atoms with Crippen LogP contribution in [0, 0.1) is 22.5 Å². The van der Waals surface area contributed by atoms with Crippen LogP contribution in [0.25, 0.3) is 11.4 Å². The molecule has 0 bridgehead atoms. The first-order valence-corrected chi connectivity index (χ1v) is 29.2. The second-order valence-electron chi connectivity index (χ2n) is 23.4. The number of nitrogens with one attached hydrogen (secondary N) is 3. The smallest absolute Gasteiger partial charge is 0.268 e. The van der Waals surface area contributed by atoms with E-state index in [-0.39, 0.29) is 56.2 Å². The molecule has 4 N–H and O–H groups in total. The number of allylic oxidation sites excluding steroid dienone is 2. The lowest BCUT2D eigenvalue weighted by atomic mass is 9.59. The van der Waals surface area contributed by atoms with Crippen molar-refractivity contribution < 1.29 is 37.2 Å². The molecule has 2 atom stereocenters. The van der Waals surface area contributed by atoms with Crippen LogP contribution in [0.3, 0.4) is 0 Å². The Morgan fingerprint density at radius 2 is 1.71 bits per heavy atom. The number of amides is 1. The molecule has 2 aromatic heterocycles. The van der Waals surface area contributed by atoms with Gasteiger partial charge in [0.15, 0.2) is 17.3 Å². The summed E-state index contributed by atoms with van der Waals surface area (Å²) in [6, 6.07) is 17.7. The number of quaternary nitrogens is 1. The Morgan fingerprint density at radius 3 is 2.42 bits per heavy atom. The fourth-order valence-corrected chi connectivity index (χ4v) is 14.1. The van der Waals surface area contributed by atoms with Crippen molar-refractivity contribution in [1.29, 1.82) is 0 Å². The number of ether oxygens (including phenoxy) is 2. The number of piperazine rings is 1. The average Bonchev–Trinajstić information content (AvgIpc) is 3.68. The number of piperidine rings is 1. The van der Waals surface area contributed by atoms with E-state index in [0.29, 0.717) is 48.7 Å². The number of benzene rings is 2. The predicted molar refractivity (Wildman–Crippen MR) is 295 cm³/mol. The zero-order valence-corrected chi connectivity index (χ0v) is 45.8. The fraction of sp³-hybridized carbons (Fsp3) is 0.542. The molecule has 1 unspecified atom stereocenters. The number of rotatable bonds is 16. The van der Waals surface area contributed by atoms with Gasteiger partial charge in [-0.1, -0.05) is 64.0 Å². The number of hydroxylamine groups is 1. The number of sulfonamides is 1. The van der Waals surface area contributed by atoms with Gasteiger partial charge in [0.1, 0.15) is 16.5 Å². The zero-order chi connectivity index (χ0) is 53.5. The summed E-state index contributed by atoms with van der Waals surface area (Å²) in [5.41, 5.74) is 4.04. The largest absolute Gasteiger partial charge is 0.629 e. The van der Waals surface area contributed by atoms with Crippen molar-refractivity contribution in [2.45, 2.75) is 133 Å². The third kappa shape index (κ3) is 11.6. The first-order valence-electron chi connectivity index (χ1n) is 27.7.